The van der Waals surface area contributed by atoms with Crippen LogP contribution in [0.2, 0.25) is 10.0 Å². The van der Waals surface area contributed by atoms with Crippen molar-refractivity contribution in [3.05, 3.63) is 50.8 Å². The normalized spacial score (nSPS) is 10.6. The van der Waals surface area contributed by atoms with E-state index in [0.717, 1.165) is 4.68 Å². The van der Waals surface area contributed by atoms with E-state index in [-0.39, 0.29) is 22.5 Å². The Morgan fingerprint density at radius 2 is 2.25 bits per heavy atom. The Hall–Kier alpha value is -1.79. The average Bonchev–Trinajstić information content (AvgIpc) is 2.92. The number of hydrogen-bond acceptors (Lipinski definition) is 4. The van der Waals surface area contributed by atoms with E-state index in [1.807, 2.05) is 0 Å². The summed E-state index contributed by atoms with van der Waals surface area (Å²) < 4.78 is 6.11. The van der Waals surface area contributed by atoms with Gasteiger partial charge < -0.3 is 9.32 Å². The van der Waals surface area contributed by atoms with Crippen LogP contribution in [-0.4, -0.2) is 27.6 Å². The van der Waals surface area contributed by atoms with Gasteiger partial charge in [-0.05, 0) is 12.1 Å². The van der Waals surface area contributed by atoms with Gasteiger partial charge in [0, 0.05) is 7.05 Å². The number of hydrogen-bond donors (Lipinski definition) is 0. The number of carbonyl (C=O) groups excluding carboxylic acids is 1. The van der Waals surface area contributed by atoms with Gasteiger partial charge in [0.2, 0.25) is 5.91 Å². The fourth-order valence-corrected chi connectivity index (χ4v) is 1.80. The zero-order valence-corrected chi connectivity index (χ0v) is 12.1. The Morgan fingerprint density at radius 3 is 2.90 bits per heavy atom. The third-order valence-corrected chi connectivity index (χ3v) is 3.37. The van der Waals surface area contributed by atoms with E-state index in [1.165, 1.54) is 17.4 Å². The molecular weight excluding hydrogens is 305 g/mol. The van der Waals surface area contributed by atoms with Crippen LogP contribution in [0.4, 0.5) is 0 Å². The lowest BCUT2D eigenvalue weighted by Crippen LogP contribution is -2.34. The molecule has 8 heteroatoms. The number of nitrogens with zero attached hydrogens (tertiary/aromatic N) is 3. The lowest BCUT2D eigenvalue weighted by Gasteiger charge is -2.16. The summed E-state index contributed by atoms with van der Waals surface area (Å²) in [5, 5.41) is 3.68. The number of carbonyl (C=O) groups is 1. The third-order valence-electron chi connectivity index (χ3n) is 2.63. The number of amides is 1. The standard InChI is InChI=1S/C12H11Cl2N3O3/c1-16(6-8-3-2-4-20-8)10(18)7-17-12(19)11(14)9(13)5-15-17/h2-5H,6-7H2,1H3. The summed E-state index contributed by atoms with van der Waals surface area (Å²) in [6, 6.07) is 3.49. The van der Waals surface area contributed by atoms with E-state index in [4.69, 9.17) is 27.6 Å². The second kappa shape index (κ2) is 6.11. The van der Waals surface area contributed by atoms with E-state index < -0.39 is 5.56 Å². The largest absolute Gasteiger partial charge is 0.467 e. The Bertz CT molecular complexity index is 667. The molecule has 0 aliphatic rings. The first kappa shape index (κ1) is 14.6. The van der Waals surface area contributed by atoms with Crippen molar-refractivity contribution in [1.29, 1.82) is 0 Å². The summed E-state index contributed by atoms with van der Waals surface area (Å²) >= 11 is 11.4. The van der Waals surface area contributed by atoms with Gasteiger partial charge in [-0.15, -0.1) is 0 Å². The number of rotatable bonds is 4. The maximum absolute atomic E-state index is 12.0. The van der Waals surface area contributed by atoms with Crippen molar-refractivity contribution in [2.45, 2.75) is 13.1 Å². The average molecular weight is 316 g/mol. The first-order chi connectivity index (χ1) is 9.49. The van der Waals surface area contributed by atoms with Crippen molar-refractivity contribution in [2.75, 3.05) is 7.05 Å². The molecule has 2 heterocycles. The first-order valence-electron chi connectivity index (χ1n) is 5.66. The van der Waals surface area contributed by atoms with Crippen LogP contribution >= 0.6 is 23.2 Å². The number of aromatic nitrogens is 2. The van der Waals surface area contributed by atoms with Crippen LogP contribution in [0.15, 0.2) is 33.8 Å². The molecule has 2 aromatic rings. The van der Waals surface area contributed by atoms with Crippen molar-refractivity contribution in [2.24, 2.45) is 0 Å². The molecule has 0 saturated heterocycles. The van der Waals surface area contributed by atoms with E-state index in [9.17, 15) is 9.59 Å². The highest BCUT2D eigenvalue weighted by atomic mass is 35.5. The molecule has 0 aliphatic carbocycles. The molecule has 0 unspecified atom stereocenters. The van der Waals surface area contributed by atoms with Crippen molar-refractivity contribution in [3.8, 4) is 0 Å². The number of likely N-dealkylation sites (N-methyl/N-ethyl adjacent to an activating group) is 1. The molecule has 0 atom stereocenters. The third kappa shape index (κ3) is 3.20. The molecule has 6 nitrogen and oxygen atoms in total. The molecule has 2 aromatic heterocycles. The highest BCUT2D eigenvalue weighted by Gasteiger charge is 2.15. The van der Waals surface area contributed by atoms with E-state index in [0.29, 0.717) is 12.3 Å². The van der Waals surface area contributed by atoms with Gasteiger partial charge in [0.25, 0.3) is 5.56 Å². The van der Waals surface area contributed by atoms with Gasteiger partial charge in [-0.25, -0.2) is 4.68 Å². The summed E-state index contributed by atoms with van der Waals surface area (Å²) in [6.07, 6.45) is 2.75. The molecule has 0 aliphatic heterocycles. The zero-order valence-electron chi connectivity index (χ0n) is 10.5. The number of furan rings is 1. The zero-order chi connectivity index (χ0) is 14.7. The molecule has 20 heavy (non-hydrogen) atoms. The van der Waals surface area contributed by atoms with Crippen LogP contribution in [0.1, 0.15) is 5.76 Å². The van der Waals surface area contributed by atoms with Crippen LogP contribution in [0.5, 0.6) is 0 Å². The molecule has 0 bridgehead atoms. The van der Waals surface area contributed by atoms with E-state index >= 15 is 0 Å². The predicted molar refractivity (Wildman–Crippen MR) is 73.7 cm³/mol. The predicted octanol–water partition coefficient (Wildman–Crippen LogP) is 1.80. The van der Waals surface area contributed by atoms with Crippen molar-refractivity contribution >= 4 is 29.1 Å². The van der Waals surface area contributed by atoms with Crippen LogP contribution in [0.25, 0.3) is 0 Å². The molecule has 106 valence electrons. The van der Waals surface area contributed by atoms with Crippen LogP contribution < -0.4 is 5.56 Å². The quantitative estimate of drug-likeness (QED) is 0.862. The van der Waals surface area contributed by atoms with Crippen LogP contribution in [0.3, 0.4) is 0 Å². The highest BCUT2D eigenvalue weighted by Crippen LogP contribution is 2.14. The molecular formula is C12H11Cl2N3O3. The molecule has 0 radical (unpaired) electrons. The highest BCUT2D eigenvalue weighted by molar-refractivity contribution is 6.41. The Labute approximate surface area is 124 Å². The minimum Gasteiger partial charge on any atom is -0.467 e. The summed E-state index contributed by atoms with van der Waals surface area (Å²) in [5.41, 5.74) is -0.598. The summed E-state index contributed by atoms with van der Waals surface area (Å²) in [5.74, 6) is 0.352. The van der Waals surface area contributed by atoms with Crippen LogP contribution in [0, 0.1) is 0 Å². The molecule has 0 aromatic carbocycles. The molecule has 1 amide bonds. The summed E-state index contributed by atoms with van der Waals surface area (Å²) in [4.78, 5) is 25.2. The molecule has 2 rings (SSSR count). The Kier molecular flexibility index (Phi) is 4.46. The Morgan fingerprint density at radius 1 is 1.50 bits per heavy atom. The minimum absolute atomic E-state index is 0.0595. The molecule has 0 fully saturated rings. The van der Waals surface area contributed by atoms with Gasteiger partial charge in [0.15, 0.2) is 0 Å². The monoisotopic (exact) mass is 315 g/mol. The van der Waals surface area contributed by atoms with Crippen molar-refractivity contribution < 1.29 is 9.21 Å². The van der Waals surface area contributed by atoms with Gasteiger partial charge in [-0.2, -0.15) is 5.10 Å². The molecule has 0 N–H and O–H groups in total. The number of halogens is 2. The summed E-state index contributed by atoms with van der Waals surface area (Å²) in [6.45, 7) is 0.0921. The topological polar surface area (TPSA) is 68.3 Å². The SMILES string of the molecule is CN(Cc1ccco1)C(=O)Cn1ncc(Cl)c(Cl)c1=O. The van der Waals surface area contributed by atoms with Gasteiger partial charge in [-0.1, -0.05) is 23.2 Å². The van der Waals surface area contributed by atoms with Crippen molar-refractivity contribution in [1.82, 2.24) is 14.7 Å². The second-order valence-electron chi connectivity index (χ2n) is 4.10. The molecule has 0 spiro atoms. The van der Waals surface area contributed by atoms with Crippen LogP contribution in [-0.2, 0) is 17.9 Å². The maximum atomic E-state index is 12.0. The van der Waals surface area contributed by atoms with Gasteiger partial charge in [0.1, 0.15) is 17.3 Å². The maximum Gasteiger partial charge on any atom is 0.287 e. The lowest BCUT2D eigenvalue weighted by atomic mass is 10.4. The Balaban J connectivity index is 2.08. The van der Waals surface area contributed by atoms with Gasteiger partial charge in [-0.3, -0.25) is 9.59 Å². The lowest BCUT2D eigenvalue weighted by molar-refractivity contribution is -0.131. The molecule has 0 saturated carbocycles. The minimum atomic E-state index is -0.598. The second-order valence-corrected chi connectivity index (χ2v) is 4.88. The fourth-order valence-electron chi connectivity index (χ4n) is 1.53. The van der Waals surface area contributed by atoms with E-state index in [1.54, 1.807) is 19.2 Å². The van der Waals surface area contributed by atoms with Gasteiger partial charge in [0.05, 0.1) is 24.0 Å². The smallest absolute Gasteiger partial charge is 0.287 e. The summed E-state index contributed by atoms with van der Waals surface area (Å²) in [7, 11) is 1.60. The van der Waals surface area contributed by atoms with E-state index in [2.05, 4.69) is 5.10 Å². The van der Waals surface area contributed by atoms with Gasteiger partial charge >= 0.3 is 0 Å². The first-order valence-corrected chi connectivity index (χ1v) is 6.42. The fraction of sp³-hybridized carbons (Fsp3) is 0.250. The van der Waals surface area contributed by atoms with Crippen molar-refractivity contribution in [3.63, 3.8) is 0 Å².